The van der Waals surface area contributed by atoms with E-state index in [1.165, 1.54) is 16.7 Å². The molecule has 1 fully saturated rings. The molecule has 1 saturated heterocycles. The van der Waals surface area contributed by atoms with E-state index < -0.39 is 11.8 Å². The number of carbonyl (C=O) groups excluding carboxylic acids is 1. The van der Waals surface area contributed by atoms with Gasteiger partial charge in [-0.2, -0.15) is 0 Å². The van der Waals surface area contributed by atoms with Crippen LogP contribution in [-0.2, 0) is 4.74 Å². The Labute approximate surface area is 161 Å². The molecule has 0 radical (unpaired) electrons. The van der Waals surface area contributed by atoms with Crippen LogP contribution < -0.4 is 4.90 Å². The van der Waals surface area contributed by atoms with Gasteiger partial charge in [-0.25, -0.2) is 24.1 Å². The van der Waals surface area contributed by atoms with Crippen LogP contribution in [0.25, 0.3) is 16.8 Å². The zero-order chi connectivity index (χ0) is 19.7. The second-order valence-corrected chi connectivity index (χ2v) is 6.72. The maximum atomic E-state index is 14.5. The molecule has 0 aromatic carbocycles. The normalized spacial score (nSPS) is 15.2. The van der Waals surface area contributed by atoms with Crippen molar-refractivity contribution in [2.75, 3.05) is 44.7 Å². The summed E-state index contributed by atoms with van der Waals surface area (Å²) < 4.78 is 20.9. The van der Waals surface area contributed by atoms with Gasteiger partial charge in [-0.15, -0.1) is 0 Å². The first-order valence-electron chi connectivity index (χ1n) is 9.16. The Bertz CT molecular complexity index is 996. The molecular weight excluding hydrogens is 363 g/mol. The molecule has 0 amide bonds. The molecule has 4 rings (SSSR count). The zero-order valence-electron chi connectivity index (χ0n) is 15.8. The molecule has 9 heteroatoms. The number of hydrogen-bond acceptors (Lipinski definition) is 7. The Morgan fingerprint density at radius 2 is 1.86 bits per heavy atom. The average molecular weight is 384 g/mol. The fourth-order valence-electron chi connectivity index (χ4n) is 3.16. The van der Waals surface area contributed by atoms with E-state index in [4.69, 9.17) is 4.74 Å². The van der Waals surface area contributed by atoms with Gasteiger partial charge < -0.3 is 18.9 Å². The van der Waals surface area contributed by atoms with Gasteiger partial charge in [0.15, 0.2) is 17.2 Å². The molecule has 28 heavy (non-hydrogen) atoms. The molecule has 1 aliphatic heterocycles. The number of rotatable bonds is 4. The lowest BCUT2D eigenvalue weighted by Crippen LogP contribution is -2.45. The highest BCUT2D eigenvalue weighted by Gasteiger charge is 2.18. The molecule has 0 unspecified atom stereocenters. The average Bonchev–Trinajstić information content (AvgIpc) is 3.14. The molecule has 3 aromatic heterocycles. The second kappa shape index (κ2) is 7.51. The molecule has 1 aliphatic rings. The molecule has 0 bridgehead atoms. The number of likely N-dealkylation sites (N-methyl/N-ethyl adjacent to an activating group) is 1. The maximum Gasteiger partial charge on any atom is 0.358 e. The molecule has 8 nitrogen and oxygen atoms in total. The minimum atomic E-state index is -0.577. The van der Waals surface area contributed by atoms with Gasteiger partial charge in [0.1, 0.15) is 0 Å². The summed E-state index contributed by atoms with van der Waals surface area (Å²) in [7, 11) is 2.09. The third-order valence-electron chi connectivity index (χ3n) is 4.75. The number of carbonyl (C=O) groups is 1. The van der Waals surface area contributed by atoms with Crippen LogP contribution >= 0.6 is 0 Å². The van der Waals surface area contributed by atoms with Gasteiger partial charge in [-0.05, 0) is 20.0 Å². The Morgan fingerprint density at radius 3 is 2.54 bits per heavy atom. The highest BCUT2D eigenvalue weighted by Crippen LogP contribution is 2.23. The van der Waals surface area contributed by atoms with Gasteiger partial charge in [-0.3, -0.25) is 0 Å². The predicted molar refractivity (Wildman–Crippen MR) is 102 cm³/mol. The van der Waals surface area contributed by atoms with Crippen molar-refractivity contribution >= 4 is 17.6 Å². The second-order valence-electron chi connectivity index (χ2n) is 6.72. The van der Waals surface area contributed by atoms with Crippen molar-refractivity contribution in [2.45, 2.75) is 6.92 Å². The number of imidazole rings is 1. The maximum absolute atomic E-state index is 14.5. The largest absolute Gasteiger partial charge is 0.461 e. The molecule has 0 saturated carbocycles. The Balaban J connectivity index is 1.60. The molecule has 0 N–H and O–H groups in total. The molecule has 4 heterocycles. The number of esters is 1. The van der Waals surface area contributed by atoms with Crippen molar-refractivity contribution in [2.24, 2.45) is 0 Å². The summed E-state index contributed by atoms with van der Waals surface area (Å²) in [5.41, 5.74) is 1.43. The van der Waals surface area contributed by atoms with E-state index in [1.54, 1.807) is 25.5 Å². The van der Waals surface area contributed by atoms with Gasteiger partial charge in [-0.1, -0.05) is 0 Å². The standard InChI is InChI=1S/C19H21FN6O2/c1-3-28-18(27)16-12-26-11-13(8-15(20)17(26)23-16)14-9-21-19(22-10-14)25-6-4-24(2)5-7-25/h8-12H,3-7H2,1-2H3. The molecule has 0 aliphatic carbocycles. The van der Waals surface area contributed by atoms with Crippen LogP contribution in [0.2, 0.25) is 0 Å². The van der Waals surface area contributed by atoms with Gasteiger partial charge in [0.25, 0.3) is 0 Å². The first-order valence-corrected chi connectivity index (χ1v) is 9.16. The van der Waals surface area contributed by atoms with Crippen molar-refractivity contribution in [3.05, 3.63) is 42.4 Å². The molecule has 3 aromatic rings. The van der Waals surface area contributed by atoms with Crippen molar-refractivity contribution in [1.82, 2.24) is 24.3 Å². The topological polar surface area (TPSA) is 75.9 Å². The van der Waals surface area contributed by atoms with Gasteiger partial charge in [0.2, 0.25) is 5.95 Å². The van der Waals surface area contributed by atoms with Crippen LogP contribution in [0.1, 0.15) is 17.4 Å². The number of aromatic nitrogens is 4. The van der Waals surface area contributed by atoms with Gasteiger partial charge >= 0.3 is 5.97 Å². The fraction of sp³-hybridized carbons (Fsp3) is 0.368. The summed E-state index contributed by atoms with van der Waals surface area (Å²) in [6.45, 7) is 5.63. The quantitative estimate of drug-likeness (QED) is 0.636. The van der Waals surface area contributed by atoms with Crippen LogP contribution in [-0.4, -0.2) is 70.1 Å². The van der Waals surface area contributed by atoms with Crippen LogP contribution in [0.4, 0.5) is 10.3 Å². The Kier molecular flexibility index (Phi) is 4.91. The van der Waals surface area contributed by atoms with Crippen LogP contribution in [0.5, 0.6) is 0 Å². The van der Waals surface area contributed by atoms with Crippen LogP contribution in [0, 0.1) is 5.82 Å². The van der Waals surface area contributed by atoms with E-state index in [1.807, 2.05) is 0 Å². The predicted octanol–water partition coefficient (Wildman–Crippen LogP) is 1.86. The minimum absolute atomic E-state index is 0.0690. The number of anilines is 1. The van der Waals surface area contributed by atoms with E-state index >= 15 is 0 Å². The highest BCUT2D eigenvalue weighted by molar-refractivity contribution is 5.88. The van der Waals surface area contributed by atoms with Crippen molar-refractivity contribution < 1.29 is 13.9 Å². The number of pyridine rings is 1. The van der Waals surface area contributed by atoms with Crippen molar-refractivity contribution in [3.8, 4) is 11.1 Å². The van der Waals surface area contributed by atoms with E-state index in [9.17, 15) is 9.18 Å². The number of ether oxygens (including phenoxy) is 1. The lowest BCUT2D eigenvalue weighted by molar-refractivity contribution is 0.0520. The minimum Gasteiger partial charge on any atom is -0.461 e. The fourth-order valence-corrected chi connectivity index (χ4v) is 3.16. The summed E-state index contributed by atoms with van der Waals surface area (Å²) >= 11 is 0. The molecule has 0 spiro atoms. The Hall–Kier alpha value is -3.07. The summed E-state index contributed by atoms with van der Waals surface area (Å²) in [5, 5.41) is 0. The van der Waals surface area contributed by atoms with E-state index in [0.29, 0.717) is 17.1 Å². The number of halogens is 1. The number of hydrogen-bond donors (Lipinski definition) is 0. The number of piperazine rings is 1. The van der Waals surface area contributed by atoms with Crippen LogP contribution in [0.15, 0.2) is 30.9 Å². The third kappa shape index (κ3) is 3.53. The summed E-state index contributed by atoms with van der Waals surface area (Å²) in [6.07, 6.45) is 6.52. The number of fused-ring (bicyclic) bond motifs is 1. The summed E-state index contributed by atoms with van der Waals surface area (Å²) in [5.74, 6) is -0.436. The lowest BCUT2D eigenvalue weighted by atomic mass is 10.1. The first kappa shape index (κ1) is 18.3. The monoisotopic (exact) mass is 384 g/mol. The summed E-state index contributed by atoms with van der Waals surface area (Å²) in [6, 6.07) is 1.37. The van der Waals surface area contributed by atoms with Crippen molar-refractivity contribution in [1.29, 1.82) is 0 Å². The van der Waals surface area contributed by atoms with Crippen LogP contribution in [0.3, 0.4) is 0 Å². The van der Waals surface area contributed by atoms with E-state index in [-0.39, 0.29) is 17.9 Å². The highest BCUT2D eigenvalue weighted by atomic mass is 19.1. The molecular formula is C19H21FN6O2. The number of nitrogens with zero attached hydrogens (tertiary/aromatic N) is 6. The van der Waals surface area contributed by atoms with E-state index in [0.717, 1.165) is 26.2 Å². The smallest absolute Gasteiger partial charge is 0.358 e. The first-order chi connectivity index (χ1) is 13.5. The van der Waals surface area contributed by atoms with E-state index in [2.05, 4.69) is 31.8 Å². The SMILES string of the molecule is CCOC(=O)c1cn2cc(-c3cnc(N4CCN(C)CC4)nc3)cc(F)c2n1. The zero-order valence-corrected chi connectivity index (χ0v) is 15.8. The van der Waals surface area contributed by atoms with Crippen molar-refractivity contribution in [3.63, 3.8) is 0 Å². The third-order valence-corrected chi connectivity index (χ3v) is 4.75. The molecule has 0 atom stereocenters. The van der Waals surface area contributed by atoms with Gasteiger partial charge in [0, 0.05) is 62.1 Å². The Morgan fingerprint density at radius 1 is 1.14 bits per heavy atom. The van der Waals surface area contributed by atoms with Gasteiger partial charge in [0.05, 0.1) is 6.61 Å². The molecule has 146 valence electrons. The lowest BCUT2D eigenvalue weighted by Gasteiger charge is -2.32. The summed E-state index contributed by atoms with van der Waals surface area (Å²) in [4.78, 5) is 29.1.